The second-order valence-electron chi connectivity index (χ2n) is 8.39. The molecule has 0 bridgehead atoms. The highest BCUT2D eigenvalue weighted by atomic mass is 16.4. The van der Waals surface area contributed by atoms with Gasteiger partial charge in [0.15, 0.2) is 5.96 Å². The molecular weight excluding hydrogens is 464 g/mol. The third kappa shape index (κ3) is 13.7. The Morgan fingerprint density at radius 3 is 1.83 bits per heavy atom. The van der Waals surface area contributed by atoms with Crippen LogP contribution in [0, 0.1) is 5.92 Å². The predicted octanol–water partition coefficient (Wildman–Crippen LogP) is -3.79. The molecule has 0 radical (unpaired) electrons. The van der Waals surface area contributed by atoms with Crippen molar-refractivity contribution in [1.82, 2.24) is 16.0 Å². The van der Waals surface area contributed by atoms with Gasteiger partial charge in [0.05, 0.1) is 6.61 Å². The van der Waals surface area contributed by atoms with E-state index in [-0.39, 0.29) is 50.5 Å². The number of nitrogens with one attached hydrogen (secondary N) is 3. The molecule has 15 heteroatoms. The lowest BCUT2D eigenvalue weighted by Gasteiger charge is -2.25. The summed E-state index contributed by atoms with van der Waals surface area (Å²) in [6.45, 7) is 3.04. The van der Waals surface area contributed by atoms with E-state index in [2.05, 4.69) is 20.9 Å². The Morgan fingerprint density at radius 1 is 0.857 bits per heavy atom. The number of aliphatic hydroxyl groups is 1. The monoisotopic (exact) mass is 502 g/mol. The van der Waals surface area contributed by atoms with Gasteiger partial charge in [-0.3, -0.25) is 24.2 Å². The Hall–Kier alpha value is -3.46. The van der Waals surface area contributed by atoms with Crippen LogP contribution in [0.2, 0.25) is 0 Å². The molecule has 0 saturated carbocycles. The van der Waals surface area contributed by atoms with Gasteiger partial charge in [-0.15, -0.1) is 0 Å². The molecule has 0 heterocycles. The predicted molar refractivity (Wildman–Crippen MR) is 126 cm³/mol. The smallest absolute Gasteiger partial charge is 0.326 e. The molecule has 0 saturated heterocycles. The van der Waals surface area contributed by atoms with Gasteiger partial charge in [-0.2, -0.15) is 0 Å². The molecule has 4 amide bonds. The van der Waals surface area contributed by atoms with Crippen LogP contribution in [-0.4, -0.2) is 83.1 Å². The average Bonchev–Trinajstić information content (AvgIpc) is 2.76. The van der Waals surface area contributed by atoms with Crippen LogP contribution in [0.1, 0.15) is 46.0 Å². The number of primary amides is 1. The lowest BCUT2D eigenvalue weighted by Crippen LogP contribution is -2.57. The van der Waals surface area contributed by atoms with E-state index >= 15 is 0 Å². The van der Waals surface area contributed by atoms with E-state index in [1.807, 2.05) is 0 Å². The van der Waals surface area contributed by atoms with Crippen molar-refractivity contribution in [3.63, 3.8) is 0 Å². The van der Waals surface area contributed by atoms with Gasteiger partial charge in [0, 0.05) is 13.0 Å². The highest BCUT2D eigenvalue weighted by Gasteiger charge is 2.30. The molecule has 0 fully saturated rings. The molecule has 4 unspecified atom stereocenters. The average molecular weight is 503 g/mol. The van der Waals surface area contributed by atoms with Crippen molar-refractivity contribution >= 4 is 35.6 Å². The molecule has 0 aromatic carbocycles. The molecule has 0 rings (SSSR count). The fraction of sp³-hybridized carbons (Fsp3) is 0.700. The molecule has 0 aliphatic heterocycles. The van der Waals surface area contributed by atoms with Crippen LogP contribution in [0.3, 0.4) is 0 Å². The molecule has 200 valence electrons. The summed E-state index contributed by atoms with van der Waals surface area (Å²) < 4.78 is 0. The molecule has 0 aromatic rings. The first kappa shape index (κ1) is 31.5. The summed E-state index contributed by atoms with van der Waals surface area (Å²) in [6.07, 6.45) is -0.00493. The number of carbonyl (C=O) groups is 5. The summed E-state index contributed by atoms with van der Waals surface area (Å²) in [5.41, 5.74) is 21.2. The maximum Gasteiger partial charge on any atom is 0.326 e. The second-order valence-corrected chi connectivity index (χ2v) is 8.39. The maximum atomic E-state index is 12.9. The number of carbonyl (C=O) groups excluding carboxylic acids is 4. The molecule has 35 heavy (non-hydrogen) atoms. The largest absolute Gasteiger partial charge is 0.480 e. The minimum absolute atomic E-state index is 0.0320. The van der Waals surface area contributed by atoms with Crippen LogP contribution in [0.4, 0.5) is 0 Å². The van der Waals surface area contributed by atoms with Gasteiger partial charge in [-0.1, -0.05) is 13.8 Å². The van der Waals surface area contributed by atoms with E-state index in [1.54, 1.807) is 13.8 Å². The number of nitrogens with zero attached hydrogens (tertiary/aromatic N) is 1. The van der Waals surface area contributed by atoms with Gasteiger partial charge in [-0.05, 0) is 31.6 Å². The Labute approximate surface area is 203 Å². The number of rotatable bonds is 17. The number of aliphatic hydroxyl groups excluding tert-OH is 1. The number of carboxylic acids is 1. The van der Waals surface area contributed by atoms with Gasteiger partial charge in [0.2, 0.25) is 23.6 Å². The minimum atomic E-state index is -1.31. The molecule has 0 aliphatic rings. The highest BCUT2D eigenvalue weighted by molar-refractivity contribution is 5.94. The zero-order chi connectivity index (χ0) is 27.1. The first-order valence-electron chi connectivity index (χ1n) is 11.1. The SMILES string of the molecule is CC(C)CC(NC(=O)C(CCCN=C(N)N)NC(=O)C(CCC(N)=O)NC(=O)C(N)CO)C(=O)O. The van der Waals surface area contributed by atoms with E-state index in [1.165, 1.54) is 0 Å². The molecule has 0 aromatic heterocycles. The normalized spacial score (nSPS) is 14.2. The van der Waals surface area contributed by atoms with Crippen LogP contribution < -0.4 is 38.9 Å². The number of amides is 4. The van der Waals surface area contributed by atoms with E-state index in [9.17, 15) is 29.1 Å². The topological polar surface area (TPSA) is 278 Å². The summed E-state index contributed by atoms with van der Waals surface area (Å²) in [4.78, 5) is 64.4. The Balaban J connectivity index is 5.64. The lowest BCUT2D eigenvalue weighted by molar-refractivity contribution is -0.142. The number of hydrogen-bond acceptors (Lipinski definition) is 8. The Morgan fingerprint density at radius 2 is 1.37 bits per heavy atom. The third-order valence-corrected chi connectivity index (χ3v) is 4.75. The van der Waals surface area contributed by atoms with E-state index < -0.39 is 60.4 Å². The van der Waals surface area contributed by atoms with E-state index in [0.717, 1.165) is 0 Å². The van der Waals surface area contributed by atoms with Crippen LogP contribution in [0.5, 0.6) is 0 Å². The van der Waals surface area contributed by atoms with Crippen molar-refractivity contribution in [1.29, 1.82) is 0 Å². The van der Waals surface area contributed by atoms with Gasteiger partial charge in [-0.25, -0.2) is 4.79 Å². The van der Waals surface area contributed by atoms with Crippen LogP contribution in [0.15, 0.2) is 4.99 Å². The van der Waals surface area contributed by atoms with E-state index in [0.29, 0.717) is 0 Å². The molecule has 4 atom stereocenters. The zero-order valence-corrected chi connectivity index (χ0v) is 20.0. The third-order valence-electron chi connectivity index (χ3n) is 4.75. The number of guanidine groups is 1. The minimum Gasteiger partial charge on any atom is -0.480 e. The molecule has 0 spiro atoms. The van der Waals surface area contributed by atoms with Crippen molar-refractivity contribution in [2.75, 3.05) is 13.2 Å². The fourth-order valence-corrected chi connectivity index (χ4v) is 2.93. The molecule has 0 aliphatic carbocycles. The van der Waals surface area contributed by atoms with Gasteiger partial charge < -0.3 is 49.1 Å². The number of nitrogens with two attached hydrogens (primary N) is 4. The van der Waals surface area contributed by atoms with Gasteiger partial charge in [0.1, 0.15) is 24.2 Å². The number of hydrogen-bond donors (Lipinski definition) is 9. The summed E-state index contributed by atoms with van der Waals surface area (Å²) in [7, 11) is 0. The number of carboxylic acid groups (broad SMARTS) is 1. The maximum absolute atomic E-state index is 12.9. The zero-order valence-electron chi connectivity index (χ0n) is 20.0. The number of aliphatic imine (C=N–C) groups is 1. The highest BCUT2D eigenvalue weighted by Crippen LogP contribution is 2.08. The van der Waals surface area contributed by atoms with Crippen molar-refractivity contribution in [3.8, 4) is 0 Å². The van der Waals surface area contributed by atoms with Crippen molar-refractivity contribution < 1.29 is 34.2 Å². The molecular formula is C20H38N8O7. The van der Waals surface area contributed by atoms with Gasteiger partial charge >= 0.3 is 5.97 Å². The Kier molecular flexibility index (Phi) is 14.6. The lowest BCUT2D eigenvalue weighted by atomic mass is 10.0. The summed E-state index contributed by atoms with van der Waals surface area (Å²) >= 11 is 0. The summed E-state index contributed by atoms with van der Waals surface area (Å²) in [6, 6.07) is -5.01. The summed E-state index contributed by atoms with van der Waals surface area (Å²) in [5, 5.41) is 25.7. The number of aliphatic carboxylic acids is 1. The Bertz CT molecular complexity index is 771. The summed E-state index contributed by atoms with van der Waals surface area (Å²) in [5.74, 6) is -4.60. The van der Waals surface area contributed by atoms with Gasteiger partial charge in [0.25, 0.3) is 0 Å². The molecule has 15 nitrogen and oxygen atoms in total. The van der Waals surface area contributed by atoms with Crippen LogP contribution in [0.25, 0.3) is 0 Å². The quantitative estimate of drug-likeness (QED) is 0.0531. The van der Waals surface area contributed by atoms with E-state index in [4.69, 9.17) is 28.0 Å². The molecule has 13 N–H and O–H groups in total. The second kappa shape index (κ2) is 16.2. The fourth-order valence-electron chi connectivity index (χ4n) is 2.93. The first-order valence-corrected chi connectivity index (χ1v) is 11.1. The van der Waals surface area contributed by atoms with Crippen molar-refractivity contribution in [2.45, 2.75) is 70.1 Å². The standard InChI is InChI=1S/C20H38N8O7/c1-10(2)8-14(19(34)35)28-17(32)12(4-3-7-25-20(23)24)27-18(33)13(5-6-15(22)30)26-16(31)11(21)9-29/h10-14,29H,3-9,21H2,1-2H3,(H2,22,30)(H,26,31)(H,27,33)(H,28,32)(H,34,35)(H4,23,24,25). The van der Waals surface area contributed by atoms with Crippen molar-refractivity contribution in [3.05, 3.63) is 0 Å². The van der Waals surface area contributed by atoms with Crippen molar-refractivity contribution in [2.24, 2.45) is 33.8 Å². The van der Waals surface area contributed by atoms with Crippen LogP contribution >= 0.6 is 0 Å². The first-order chi connectivity index (χ1) is 16.3. The van der Waals surface area contributed by atoms with Crippen LogP contribution in [-0.2, 0) is 24.0 Å².